The van der Waals surface area contributed by atoms with Crippen molar-refractivity contribution in [2.24, 2.45) is 0 Å². The van der Waals surface area contributed by atoms with Crippen LogP contribution >= 0.6 is 0 Å². The lowest BCUT2D eigenvalue weighted by Crippen LogP contribution is -2.74. The highest BCUT2D eigenvalue weighted by Gasteiger charge is 2.41. The van der Waals surface area contributed by atoms with E-state index in [1.165, 1.54) is 86.6 Å². The molecular weight excluding hydrogens is 777 g/mol. The Bertz CT molecular complexity index is 3500. The number of hydrogen-bond donors (Lipinski definition) is 0. The van der Waals surface area contributed by atoms with Crippen LogP contribution in [0.2, 0.25) is 0 Å². The fourth-order valence-corrected chi connectivity index (χ4v) is 15.2. The fourth-order valence-electron chi connectivity index (χ4n) is 10.4. The SMILES string of the molecule is c1ccc(-c2ccccc2-n2c3ccccc3c3cccc(-n4c5ccc([Si](c6ccccc6)(c6ccccc6)c6ccccc6)cc5c5cccc(-c6ccccc6)c54)c32)cc1. The van der Waals surface area contributed by atoms with E-state index in [-0.39, 0.29) is 0 Å². The van der Waals surface area contributed by atoms with Gasteiger partial charge in [0, 0.05) is 32.7 Å². The Labute approximate surface area is 368 Å². The maximum Gasteiger partial charge on any atom is 0.179 e. The van der Waals surface area contributed by atoms with Gasteiger partial charge in [-0.3, -0.25) is 0 Å². The third-order valence-corrected chi connectivity index (χ3v) is 17.8. The quantitative estimate of drug-likeness (QED) is 0.107. The average Bonchev–Trinajstić information content (AvgIpc) is 3.89. The maximum absolute atomic E-state index is 2.82. The number of hydrogen-bond acceptors (Lipinski definition) is 0. The third kappa shape index (κ3) is 5.78. The Morgan fingerprint density at radius 1 is 0.254 bits per heavy atom. The Balaban J connectivity index is 1.23. The molecule has 63 heavy (non-hydrogen) atoms. The van der Waals surface area contributed by atoms with Gasteiger partial charge in [0.25, 0.3) is 0 Å². The molecule has 0 radical (unpaired) electrons. The summed E-state index contributed by atoms with van der Waals surface area (Å²) in [6, 6.07) is 94.3. The van der Waals surface area contributed by atoms with E-state index >= 15 is 0 Å². The summed E-state index contributed by atoms with van der Waals surface area (Å²) >= 11 is 0. The van der Waals surface area contributed by atoms with Crippen LogP contribution < -0.4 is 20.7 Å². The Morgan fingerprint density at radius 2 is 0.683 bits per heavy atom. The molecule has 12 rings (SSSR count). The second kappa shape index (κ2) is 15.2. The summed E-state index contributed by atoms with van der Waals surface area (Å²) in [6.07, 6.45) is 0. The number of para-hydroxylation sites is 4. The Hall–Kier alpha value is -7.98. The first-order valence-electron chi connectivity index (χ1n) is 21.8. The summed E-state index contributed by atoms with van der Waals surface area (Å²) in [5.74, 6) is 0. The molecule has 12 aromatic rings. The lowest BCUT2D eigenvalue weighted by molar-refractivity contribution is 1.13. The van der Waals surface area contributed by atoms with Crippen LogP contribution in [-0.4, -0.2) is 17.2 Å². The zero-order valence-electron chi connectivity index (χ0n) is 34.6. The highest BCUT2D eigenvalue weighted by atomic mass is 28.3. The zero-order valence-corrected chi connectivity index (χ0v) is 35.6. The molecule has 2 heterocycles. The van der Waals surface area contributed by atoms with Crippen molar-refractivity contribution in [3.63, 3.8) is 0 Å². The predicted molar refractivity (Wildman–Crippen MR) is 270 cm³/mol. The number of benzene rings is 10. The second-order valence-corrected chi connectivity index (χ2v) is 20.2. The first-order chi connectivity index (χ1) is 31.3. The minimum atomic E-state index is -2.82. The lowest BCUT2D eigenvalue weighted by atomic mass is 10.0. The normalized spacial score (nSPS) is 11.8. The molecule has 0 N–H and O–H groups in total. The van der Waals surface area contributed by atoms with E-state index in [1.54, 1.807) is 0 Å². The Kier molecular flexibility index (Phi) is 8.87. The summed E-state index contributed by atoms with van der Waals surface area (Å²) in [6.45, 7) is 0. The molecule has 3 heteroatoms. The fraction of sp³-hybridized carbons (Fsp3) is 0. The van der Waals surface area contributed by atoms with Crippen molar-refractivity contribution in [2.45, 2.75) is 0 Å². The van der Waals surface area contributed by atoms with Crippen molar-refractivity contribution >= 4 is 72.4 Å². The number of rotatable bonds is 8. The van der Waals surface area contributed by atoms with Gasteiger partial charge < -0.3 is 9.13 Å². The van der Waals surface area contributed by atoms with Crippen LogP contribution in [0.25, 0.3) is 77.2 Å². The van der Waals surface area contributed by atoms with Gasteiger partial charge in [-0.15, -0.1) is 0 Å². The van der Waals surface area contributed by atoms with Gasteiger partial charge in [-0.05, 0) is 56.1 Å². The van der Waals surface area contributed by atoms with E-state index in [0.29, 0.717) is 0 Å². The van der Waals surface area contributed by atoms with Crippen molar-refractivity contribution < 1.29 is 0 Å². The molecule has 10 aromatic carbocycles. The first-order valence-corrected chi connectivity index (χ1v) is 23.8. The van der Waals surface area contributed by atoms with Crippen LogP contribution in [0.5, 0.6) is 0 Å². The van der Waals surface area contributed by atoms with E-state index in [2.05, 4.69) is 264 Å². The monoisotopic (exact) mass is 818 g/mol. The summed E-state index contributed by atoms with van der Waals surface area (Å²) in [7, 11) is -2.82. The topological polar surface area (TPSA) is 9.86 Å². The molecule has 0 unspecified atom stereocenters. The van der Waals surface area contributed by atoms with Crippen molar-refractivity contribution in [3.8, 4) is 33.6 Å². The first kappa shape index (κ1) is 36.8. The number of fused-ring (bicyclic) bond motifs is 6. The molecule has 0 atom stereocenters. The van der Waals surface area contributed by atoms with Crippen molar-refractivity contribution in [1.82, 2.24) is 9.13 Å². The highest BCUT2D eigenvalue weighted by molar-refractivity contribution is 7.20. The standard InChI is InChI=1S/C60H42N2Si/c1-6-22-43(23-7-1)49-32-16-18-37-55(49)61-56-38-19-17-33-51(56)52-36-21-39-58(60(52)61)62-57-41-40-48(42-54(57)53-35-20-34-50(59(53)62)44-24-8-2-9-25-44)63(45-26-10-3-11-27-45,46-28-12-4-13-29-46)47-30-14-5-15-31-47/h1-42H. The molecule has 0 bridgehead atoms. The molecule has 0 aliphatic rings. The van der Waals surface area contributed by atoms with E-state index in [4.69, 9.17) is 0 Å². The van der Waals surface area contributed by atoms with Gasteiger partial charge in [0.2, 0.25) is 0 Å². The van der Waals surface area contributed by atoms with Gasteiger partial charge in [-0.2, -0.15) is 0 Å². The van der Waals surface area contributed by atoms with Gasteiger partial charge in [0.05, 0.1) is 33.4 Å². The van der Waals surface area contributed by atoms with Gasteiger partial charge in [0.1, 0.15) is 0 Å². The second-order valence-electron chi connectivity index (χ2n) is 16.4. The minimum Gasteiger partial charge on any atom is -0.307 e. The van der Waals surface area contributed by atoms with Gasteiger partial charge in [-0.1, -0.05) is 231 Å². The number of nitrogens with zero attached hydrogens (tertiary/aromatic N) is 2. The summed E-state index contributed by atoms with van der Waals surface area (Å²) in [4.78, 5) is 0. The summed E-state index contributed by atoms with van der Waals surface area (Å²) < 4.78 is 5.08. The van der Waals surface area contributed by atoms with Crippen LogP contribution in [-0.2, 0) is 0 Å². The minimum absolute atomic E-state index is 1.14. The smallest absolute Gasteiger partial charge is 0.179 e. The maximum atomic E-state index is 2.57. The van der Waals surface area contributed by atoms with Crippen LogP contribution in [0.1, 0.15) is 0 Å². The molecule has 2 nitrogen and oxygen atoms in total. The van der Waals surface area contributed by atoms with Gasteiger partial charge in [0.15, 0.2) is 8.07 Å². The van der Waals surface area contributed by atoms with Gasteiger partial charge >= 0.3 is 0 Å². The molecule has 0 saturated heterocycles. The van der Waals surface area contributed by atoms with E-state index in [0.717, 1.165) is 11.4 Å². The molecule has 0 saturated carbocycles. The van der Waals surface area contributed by atoms with E-state index in [9.17, 15) is 0 Å². The van der Waals surface area contributed by atoms with Crippen molar-refractivity contribution in [3.05, 3.63) is 255 Å². The van der Waals surface area contributed by atoms with E-state index in [1.807, 2.05) is 0 Å². The summed E-state index contributed by atoms with van der Waals surface area (Å²) in [5, 5.41) is 10.4. The highest BCUT2D eigenvalue weighted by Crippen LogP contribution is 2.43. The zero-order chi connectivity index (χ0) is 41.7. The molecule has 0 fully saturated rings. The predicted octanol–water partition coefficient (Wildman–Crippen LogP) is 12.6. The molecule has 0 aliphatic heterocycles. The lowest BCUT2D eigenvalue weighted by Gasteiger charge is -2.34. The molecular formula is C60H42N2Si. The van der Waals surface area contributed by atoms with Gasteiger partial charge in [-0.25, -0.2) is 0 Å². The van der Waals surface area contributed by atoms with E-state index < -0.39 is 8.07 Å². The van der Waals surface area contributed by atoms with Crippen molar-refractivity contribution in [2.75, 3.05) is 0 Å². The molecule has 0 spiro atoms. The average molecular weight is 819 g/mol. The molecule has 2 aromatic heterocycles. The molecule has 0 amide bonds. The molecule has 296 valence electrons. The summed E-state index contributed by atoms with van der Waals surface area (Å²) in [5.41, 5.74) is 11.8. The Morgan fingerprint density at radius 3 is 1.32 bits per heavy atom. The van der Waals surface area contributed by atoms with Crippen LogP contribution in [0.4, 0.5) is 0 Å². The third-order valence-electron chi connectivity index (χ3n) is 13.1. The van der Waals surface area contributed by atoms with Crippen LogP contribution in [0.15, 0.2) is 255 Å². The van der Waals surface area contributed by atoms with Crippen molar-refractivity contribution in [1.29, 1.82) is 0 Å². The van der Waals surface area contributed by atoms with Crippen LogP contribution in [0, 0.1) is 0 Å². The van der Waals surface area contributed by atoms with Crippen LogP contribution in [0.3, 0.4) is 0 Å². The molecule has 0 aliphatic carbocycles. The number of aromatic nitrogens is 2. The largest absolute Gasteiger partial charge is 0.307 e.